The van der Waals surface area contributed by atoms with Gasteiger partial charge in [0.05, 0.1) is 0 Å². The standard InChI is InChI=1S/C23H26BrN2O2/c1-16(2)19-9-7-10-20(17(3)4)22(19)28-23(27)26-13-12-25(15-26)14-18-8-5-6-11-21(18)24/h5-13,15-17H,14H2,1-4H3/q+1. The van der Waals surface area contributed by atoms with Gasteiger partial charge in [-0.15, -0.1) is 4.57 Å². The summed E-state index contributed by atoms with van der Waals surface area (Å²) >= 11 is 3.56. The number of carbonyl (C=O) groups is 1. The molecular formula is C23H26BrN2O2+. The highest BCUT2D eigenvalue weighted by Crippen LogP contribution is 2.34. The van der Waals surface area contributed by atoms with Gasteiger partial charge in [0, 0.05) is 10.0 Å². The molecule has 0 saturated heterocycles. The maximum absolute atomic E-state index is 12.8. The van der Waals surface area contributed by atoms with Crippen molar-refractivity contribution in [3.05, 3.63) is 82.3 Å². The zero-order chi connectivity index (χ0) is 20.3. The summed E-state index contributed by atoms with van der Waals surface area (Å²) in [6.45, 7) is 9.11. The zero-order valence-electron chi connectivity index (χ0n) is 16.7. The molecule has 0 saturated carbocycles. The Hall–Kier alpha value is -2.40. The molecule has 0 fully saturated rings. The number of nitrogens with zero attached hydrogens (tertiary/aromatic N) is 2. The fraction of sp³-hybridized carbons (Fsp3) is 0.304. The van der Waals surface area contributed by atoms with E-state index in [4.69, 9.17) is 4.74 Å². The van der Waals surface area contributed by atoms with Crippen LogP contribution in [0.15, 0.2) is 65.7 Å². The van der Waals surface area contributed by atoms with E-state index in [0.717, 1.165) is 21.2 Å². The van der Waals surface area contributed by atoms with Gasteiger partial charge in [0.1, 0.15) is 24.7 Å². The molecule has 28 heavy (non-hydrogen) atoms. The number of hydrogen-bond acceptors (Lipinski definition) is 2. The molecule has 4 nitrogen and oxygen atoms in total. The molecule has 0 amide bonds. The number of hydrogen-bond donors (Lipinski definition) is 0. The van der Waals surface area contributed by atoms with E-state index in [9.17, 15) is 4.79 Å². The highest BCUT2D eigenvalue weighted by atomic mass is 79.9. The topological polar surface area (TPSA) is 35.1 Å². The van der Waals surface area contributed by atoms with Crippen molar-refractivity contribution in [2.75, 3.05) is 0 Å². The Morgan fingerprint density at radius 3 is 2.29 bits per heavy atom. The number of rotatable bonds is 5. The first-order chi connectivity index (χ1) is 13.4. The summed E-state index contributed by atoms with van der Waals surface area (Å²) in [7, 11) is 0. The minimum Gasteiger partial charge on any atom is -0.391 e. The Morgan fingerprint density at radius 2 is 1.68 bits per heavy atom. The lowest BCUT2D eigenvalue weighted by atomic mass is 9.94. The Bertz CT molecular complexity index is 950. The smallest absolute Gasteiger partial charge is 0.391 e. The zero-order valence-corrected chi connectivity index (χ0v) is 18.3. The van der Waals surface area contributed by atoms with E-state index in [0.29, 0.717) is 12.3 Å². The van der Waals surface area contributed by atoms with Crippen molar-refractivity contribution in [3.63, 3.8) is 0 Å². The van der Waals surface area contributed by atoms with Crippen LogP contribution in [-0.4, -0.2) is 10.7 Å². The van der Waals surface area contributed by atoms with Gasteiger partial charge in [-0.3, -0.25) is 0 Å². The summed E-state index contributed by atoms with van der Waals surface area (Å²) < 4.78 is 10.4. The lowest BCUT2D eigenvalue weighted by Crippen LogP contribution is -2.32. The lowest BCUT2D eigenvalue weighted by Gasteiger charge is -2.17. The molecule has 3 rings (SSSR count). The fourth-order valence-corrected chi connectivity index (χ4v) is 3.57. The highest BCUT2D eigenvalue weighted by Gasteiger charge is 2.22. The summed E-state index contributed by atoms with van der Waals surface area (Å²) in [5, 5.41) is 0. The molecule has 0 radical (unpaired) electrons. The van der Waals surface area contributed by atoms with Crippen LogP contribution in [0.25, 0.3) is 0 Å². The summed E-state index contributed by atoms with van der Waals surface area (Å²) in [4.78, 5) is 12.8. The predicted octanol–water partition coefficient (Wildman–Crippen LogP) is 5.88. The van der Waals surface area contributed by atoms with Gasteiger partial charge in [0.25, 0.3) is 6.33 Å². The molecule has 0 aliphatic carbocycles. The van der Waals surface area contributed by atoms with Crippen LogP contribution in [0.4, 0.5) is 4.79 Å². The average Bonchev–Trinajstić information content (AvgIpc) is 3.12. The van der Waals surface area contributed by atoms with Crippen molar-refractivity contribution < 1.29 is 14.1 Å². The van der Waals surface area contributed by atoms with Crippen LogP contribution in [0.3, 0.4) is 0 Å². The maximum Gasteiger partial charge on any atom is 0.517 e. The van der Waals surface area contributed by atoms with Crippen molar-refractivity contribution in [2.45, 2.75) is 46.1 Å². The second kappa shape index (κ2) is 8.74. The third kappa shape index (κ3) is 4.53. The number of halogens is 1. The summed E-state index contributed by atoms with van der Waals surface area (Å²) in [5.41, 5.74) is 3.24. The first-order valence-corrected chi connectivity index (χ1v) is 10.3. The molecule has 0 aliphatic rings. The number of carbonyl (C=O) groups excluding carboxylic acids is 1. The minimum atomic E-state index is -0.402. The molecule has 1 heterocycles. The van der Waals surface area contributed by atoms with Gasteiger partial charge in [0.15, 0.2) is 0 Å². The second-order valence-electron chi connectivity index (χ2n) is 7.53. The molecule has 146 valence electrons. The van der Waals surface area contributed by atoms with E-state index in [1.807, 2.05) is 47.2 Å². The maximum atomic E-state index is 12.8. The summed E-state index contributed by atoms with van der Waals surface area (Å²) in [6.07, 6.45) is 4.96. The third-order valence-electron chi connectivity index (χ3n) is 4.72. The Labute approximate surface area is 174 Å². The number of para-hydroxylation sites is 1. The van der Waals surface area contributed by atoms with Crippen molar-refractivity contribution in [1.82, 2.24) is 4.57 Å². The van der Waals surface area contributed by atoms with Crippen LogP contribution in [-0.2, 0) is 6.54 Å². The van der Waals surface area contributed by atoms with Gasteiger partial charge in [-0.05, 0) is 29.0 Å². The van der Waals surface area contributed by atoms with Gasteiger partial charge in [-0.2, -0.15) is 4.79 Å². The first kappa shape index (κ1) is 20.3. The number of benzene rings is 2. The van der Waals surface area contributed by atoms with E-state index in [-0.39, 0.29) is 11.8 Å². The fourth-order valence-electron chi connectivity index (χ4n) is 3.16. The number of ether oxygens (including phenoxy) is 1. The number of imidazole rings is 1. The number of aromatic nitrogens is 2. The van der Waals surface area contributed by atoms with Crippen molar-refractivity contribution in [2.24, 2.45) is 0 Å². The normalized spacial score (nSPS) is 11.2. The molecule has 0 aliphatic heterocycles. The van der Waals surface area contributed by atoms with Crippen LogP contribution < -0.4 is 9.30 Å². The van der Waals surface area contributed by atoms with Gasteiger partial charge < -0.3 is 4.74 Å². The Balaban J connectivity index is 1.83. The molecule has 3 aromatic rings. The van der Waals surface area contributed by atoms with Crippen molar-refractivity contribution >= 4 is 22.0 Å². The average molecular weight is 442 g/mol. The monoisotopic (exact) mass is 441 g/mol. The largest absolute Gasteiger partial charge is 0.517 e. The third-order valence-corrected chi connectivity index (χ3v) is 5.50. The molecule has 0 unspecified atom stereocenters. The molecule has 2 aromatic carbocycles. The van der Waals surface area contributed by atoms with Crippen LogP contribution in [0.1, 0.15) is 56.2 Å². The summed E-state index contributed by atoms with van der Waals surface area (Å²) in [6, 6.07) is 14.1. The highest BCUT2D eigenvalue weighted by molar-refractivity contribution is 9.10. The van der Waals surface area contributed by atoms with Crippen LogP contribution >= 0.6 is 15.9 Å². The molecule has 0 spiro atoms. The van der Waals surface area contributed by atoms with Gasteiger partial charge in [-0.1, -0.05) is 80.0 Å². The molecule has 1 aromatic heterocycles. The van der Waals surface area contributed by atoms with Gasteiger partial charge in [0.2, 0.25) is 0 Å². The summed E-state index contributed by atoms with van der Waals surface area (Å²) in [5.74, 6) is 1.22. The van der Waals surface area contributed by atoms with E-state index in [2.05, 4.69) is 49.7 Å². The Morgan fingerprint density at radius 1 is 1.04 bits per heavy atom. The van der Waals surface area contributed by atoms with Crippen LogP contribution in [0.2, 0.25) is 0 Å². The van der Waals surface area contributed by atoms with E-state index in [1.54, 1.807) is 12.5 Å². The molecule has 0 N–H and O–H groups in total. The molecular weight excluding hydrogens is 416 g/mol. The lowest BCUT2D eigenvalue weighted by molar-refractivity contribution is -0.687. The Kier molecular flexibility index (Phi) is 6.35. The van der Waals surface area contributed by atoms with Crippen molar-refractivity contribution in [1.29, 1.82) is 0 Å². The van der Waals surface area contributed by atoms with E-state index in [1.165, 1.54) is 4.57 Å². The SMILES string of the molecule is CC(C)c1cccc(C(C)C)c1OC(=O)n1cc[n+](Cc2ccccc2Br)c1. The quantitative estimate of drug-likeness (QED) is 0.463. The molecule has 0 bridgehead atoms. The van der Waals surface area contributed by atoms with Crippen LogP contribution in [0, 0.1) is 0 Å². The predicted molar refractivity (Wildman–Crippen MR) is 114 cm³/mol. The second-order valence-corrected chi connectivity index (χ2v) is 8.38. The van der Waals surface area contributed by atoms with Crippen molar-refractivity contribution in [3.8, 4) is 5.75 Å². The van der Waals surface area contributed by atoms with Crippen LogP contribution in [0.5, 0.6) is 5.75 Å². The minimum absolute atomic E-state index is 0.270. The first-order valence-electron chi connectivity index (χ1n) is 9.52. The molecule has 5 heteroatoms. The van der Waals surface area contributed by atoms with Gasteiger partial charge >= 0.3 is 6.09 Å². The van der Waals surface area contributed by atoms with Gasteiger partial charge in [-0.25, -0.2) is 4.57 Å². The van der Waals surface area contributed by atoms with E-state index < -0.39 is 6.09 Å². The molecule has 0 atom stereocenters. The van der Waals surface area contributed by atoms with E-state index >= 15 is 0 Å².